The highest BCUT2D eigenvalue weighted by molar-refractivity contribution is 6.30. The van der Waals surface area contributed by atoms with E-state index in [9.17, 15) is 9.59 Å². The van der Waals surface area contributed by atoms with Gasteiger partial charge in [0.15, 0.2) is 12.2 Å². The zero-order valence-electron chi connectivity index (χ0n) is 18.6. The van der Waals surface area contributed by atoms with E-state index < -0.39 is 24.3 Å². The maximum Gasteiger partial charge on any atom is 0.303 e. The second-order valence-corrected chi connectivity index (χ2v) is 8.58. The third kappa shape index (κ3) is 4.92. The molecule has 0 bridgehead atoms. The predicted molar refractivity (Wildman–Crippen MR) is 125 cm³/mol. The summed E-state index contributed by atoms with van der Waals surface area (Å²) >= 11 is 6.12. The molecule has 6 nitrogen and oxygen atoms in total. The van der Waals surface area contributed by atoms with Gasteiger partial charge in [0.25, 0.3) is 5.91 Å². The van der Waals surface area contributed by atoms with Gasteiger partial charge < -0.3 is 14.4 Å². The molecule has 1 aromatic heterocycles. The van der Waals surface area contributed by atoms with E-state index in [-0.39, 0.29) is 11.9 Å². The number of morpholine rings is 1. The van der Waals surface area contributed by atoms with Crippen molar-refractivity contribution in [3.05, 3.63) is 100 Å². The molecule has 3 aromatic rings. The van der Waals surface area contributed by atoms with Crippen molar-refractivity contribution in [2.24, 2.45) is 0 Å². The molecule has 33 heavy (non-hydrogen) atoms. The molecule has 3 unspecified atom stereocenters. The lowest BCUT2D eigenvalue weighted by Gasteiger charge is -2.44. The zero-order chi connectivity index (χ0) is 23.5. The largest absolute Gasteiger partial charge is 0.454 e. The molecule has 4 atom stereocenters. The number of amides is 1. The summed E-state index contributed by atoms with van der Waals surface area (Å²) in [5, 5.41) is 0.608. The van der Waals surface area contributed by atoms with E-state index in [0.29, 0.717) is 10.6 Å². The van der Waals surface area contributed by atoms with E-state index in [1.165, 1.54) is 6.92 Å². The van der Waals surface area contributed by atoms with E-state index in [4.69, 9.17) is 21.1 Å². The summed E-state index contributed by atoms with van der Waals surface area (Å²) < 4.78 is 12.1. The second-order valence-electron chi connectivity index (χ2n) is 8.14. The van der Waals surface area contributed by atoms with Crippen LogP contribution in [0.4, 0.5) is 0 Å². The first-order chi connectivity index (χ1) is 15.8. The molecule has 0 N–H and O–H groups in total. The van der Waals surface area contributed by atoms with E-state index >= 15 is 0 Å². The van der Waals surface area contributed by atoms with Gasteiger partial charge in [0.2, 0.25) is 0 Å². The molecule has 0 aliphatic carbocycles. The number of halogens is 1. The SMILES string of the molecule is CC(=O)OC(c1ccncc1)[C@@H]1OC(c2ccc(Cl)cc2)C(c2ccc(C)cc2)N(C)C1=O. The van der Waals surface area contributed by atoms with Crippen LogP contribution in [-0.2, 0) is 19.1 Å². The molecule has 4 rings (SSSR count). The van der Waals surface area contributed by atoms with Crippen LogP contribution >= 0.6 is 11.6 Å². The van der Waals surface area contributed by atoms with Crippen LogP contribution in [0.25, 0.3) is 0 Å². The lowest BCUT2D eigenvalue weighted by molar-refractivity contribution is -0.193. The number of nitrogens with zero attached hydrogens (tertiary/aromatic N) is 2. The van der Waals surface area contributed by atoms with Crippen molar-refractivity contribution in [2.75, 3.05) is 7.05 Å². The van der Waals surface area contributed by atoms with Crippen molar-refractivity contribution in [3.8, 4) is 0 Å². The molecule has 0 saturated carbocycles. The van der Waals surface area contributed by atoms with Crippen LogP contribution in [0.5, 0.6) is 0 Å². The van der Waals surface area contributed by atoms with Gasteiger partial charge in [-0.1, -0.05) is 53.6 Å². The Labute approximate surface area is 198 Å². The van der Waals surface area contributed by atoms with E-state index in [2.05, 4.69) is 4.98 Å². The van der Waals surface area contributed by atoms with Crippen LogP contribution < -0.4 is 0 Å². The van der Waals surface area contributed by atoms with Gasteiger partial charge in [-0.2, -0.15) is 0 Å². The van der Waals surface area contributed by atoms with E-state index in [0.717, 1.165) is 16.7 Å². The monoisotopic (exact) mass is 464 g/mol. The lowest BCUT2D eigenvalue weighted by Crippen LogP contribution is -2.51. The molecule has 2 aromatic carbocycles. The number of rotatable bonds is 5. The normalized spacial score (nSPS) is 21.5. The number of esters is 1. The first-order valence-corrected chi connectivity index (χ1v) is 11.0. The first-order valence-electron chi connectivity index (χ1n) is 10.7. The van der Waals surface area contributed by atoms with Crippen molar-refractivity contribution in [2.45, 2.75) is 38.2 Å². The number of aryl methyl sites for hydroxylation is 1. The molecule has 1 fully saturated rings. The number of likely N-dealkylation sites (N-methyl/N-ethyl adjacent to an activating group) is 1. The number of carbonyl (C=O) groups excluding carboxylic acids is 2. The Balaban J connectivity index is 1.78. The van der Waals surface area contributed by atoms with Crippen molar-refractivity contribution in [1.82, 2.24) is 9.88 Å². The summed E-state index contributed by atoms with van der Waals surface area (Å²) in [7, 11) is 1.75. The summed E-state index contributed by atoms with van der Waals surface area (Å²) in [6.45, 7) is 3.33. The minimum Gasteiger partial charge on any atom is -0.454 e. The standard InChI is InChI=1S/C26H25ClN2O4/c1-16-4-6-18(7-5-16)22-23(19-8-10-21(27)11-9-19)33-25(26(31)29(22)3)24(32-17(2)30)20-12-14-28-15-13-20/h4-15,22-25H,1-3H3/t22?,23?,24?,25-/m0/s1. The molecule has 1 aliphatic rings. The highest BCUT2D eigenvalue weighted by Crippen LogP contribution is 2.44. The van der Waals surface area contributed by atoms with Crippen LogP contribution in [-0.4, -0.2) is 34.9 Å². The van der Waals surface area contributed by atoms with Crippen LogP contribution in [0, 0.1) is 6.92 Å². The molecule has 170 valence electrons. The number of aromatic nitrogens is 1. The number of benzene rings is 2. The molecule has 0 spiro atoms. The minimum atomic E-state index is -1.02. The Bertz CT molecular complexity index is 1120. The molecule has 0 radical (unpaired) electrons. The van der Waals surface area contributed by atoms with Gasteiger partial charge in [0.1, 0.15) is 6.10 Å². The average molecular weight is 465 g/mol. The number of carbonyl (C=O) groups is 2. The molecule has 1 aliphatic heterocycles. The van der Waals surface area contributed by atoms with Crippen LogP contribution in [0.15, 0.2) is 73.1 Å². The summed E-state index contributed by atoms with van der Waals surface area (Å²) in [6.07, 6.45) is 0.749. The number of hydrogen-bond acceptors (Lipinski definition) is 5. The average Bonchev–Trinajstić information content (AvgIpc) is 2.81. The highest BCUT2D eigenvalue weighted by atomic mass is 35.5. The highest BCUT2D eigenvalue weighted by Gasteiger charge is 2.47. The minimum absolute atomic E-state index is 0.270. The van der Waals surface area contributed by atoms with E-state index in [1.54, 1.807) is 48.6 Å². The van der Waals surface area contributed by atoms with Crippen LogP contribution in [0.1, 0.15) is 47.4 Å². The fraction of sp³-hybridized carbons (Fsp3) is 0.269. The van der Waals surface area contributed by atoms with Crippen molar-refractivity contribution < 1.29 is 19.1 Å². The number of ether oxygens (including phenoxy) is 2. The molecular formula is C26H25ClN2O4. The molecule has 1 saturated heterocycles. The van der Waals surface area contributed by atoms with Gasteiger partial charge in [-0.15, -0.1) is 0 Å². The Morgan fingerprint density at radius 1 is 1.03 bits per heavy atom. The predicted octanol–water partition coefficient (Wildman–Crippen LogP) is 4.99. The molecule has 1 amide bonds. The third-order valence-electron chi connectivity index (χ3n) is 5.81. The smallest absolute Gasteiger partial charge is 0.303 e. The van der Waals surface area contributed by atoms with Gasteiger partial charge >= 0.3 is 5.97 Å². The van der Waals surface area contributed by atoms with Gasteiger partial charge in [-0.3, -0.25) is 14.6 Å². The van der Waals surface area contributed by atoms with Crippen molar-refractivity contribution in [3.63, 3.8) is 0 Å². The van der Waals surface area contributed by atoms with Gasteiger partial charge in [0.05, 0.1) is 6.04 Å². The fourth-order valence-electron chi connectivity index (χ4n) is 4.14. The maximum atomic E-state index is 13.6. The van der Waals surface area contributed by atoms with Crippen molar-refractivity contribution in [1.29, 1.82) is 0 Å². The maximum absolute atomic E-state index is 13.6. The quantitative estimate of drug-likeness (QED) is 0.498. The molecular weight excluding hydrogens is 440 g/mol. The second kappa shape index (κ2) is 9.73. The van der Waals surface area contributed by atoms with Crippen LogP contribution in [0.3, 0.4) is 0 Å². The summed E-state index contributed by atoms with van der Waals surface area (Å²) in [5.74, 6) is -0.770. The Morgan fingerprint density at radius 3 is 2.24 bits per heavy atom. The molecule has 2 heterocycles. The Kier molecular flexibility index (Phi) is 6.77. The van der Waals surface area contributed by atoms with Crippen LogP contribution in [0.2, 0.25) is 5.02 Å². The Hall–Kier alpha value is -3.22. The summed E-state index contributed by atoms with van der Waals surface area (Å²) in [4.78, 5) is 31.2. The lowest BCUT2D eigenvalue weighted by atomic mass is 9.90. The zero-order valence-corrected chi connectivity index (χ0v) is 19.4. The van der Waals surface area contributed by atoms with Gasteiger partial charge in [0, 0.05) is 31.4 Å². The first kappa shape index (κ1) is 23.0. The Morgan fingerprint density at radius 2 is 1.64 bits per heavy atom. The van der Waals surface area contributed by atoms with Crippen molar-refractivity contribution >= 4 is 23.5 Å². The summed E-state index contributed by atoms with van der Waals surface area (Å²) in [6, 6.07) is 18.5. The summed E-state index contributed by atoms with van der Waals surface area (Å²) in [5.41, 5.74) is 3.57. The number of pyridine rings is 1. The fourth-order valence-corrected chi connectivity index (χ4v) is 4.27. The van der Waals surface area contributed by atoms with Gasteiger partial charge in [-0.25, -0.2) is 0 Å². The third-order valence-corrected chi connectivity index (χ3v) is 6.06. The van der Waals surface area contributed by atoms with E-state index in [1.807, 2.05) is 43.3 Å². The topological polar surface area (TPSA) is 68.7 Å². The van der Waals surface area contributed by atoms with Gasteiger partial charge in [-0.05, 0) is 47.9 Å². The molecule has 7 heteroatoms. The number of hydrogen-bond donors (Lipinski definition) is 0.